The predicted molar refractivity (Wildman–Crippen MR) is 72.5 cm³/mol. The lowest BCUT2D eigenvalue weighted by molar-refractivity contribution is -0.0426. The van der Waals surface area contributed by atoms with Crippen LogP contribution in [0.25, 0.3) is 0 Å². The minimum Gasteiger partial charge on any atom is -0.489 e. The Labute approximate surface area is 114 Å². The topological polar surface area (TPSA) is 48.4 Å². The number of carbonyl (C=O) groups excluding carboxylic acids is 1. The van der Waals surface area contributed by atoms with Crippen LogP contribution in [0.1, 0.15) is 50.4 Å². The van der Waals surface area contributed by atoms with E-state index in [9.17, 15) is 4.79 Å². The summed E-state index contributed by atoms with van der Waals surface area (Å²) in [5, 5.41) is 0. The molecule has 1 saturated heterocycles. The molecule has 0 bridgehead atoms. The van der Waals surface area contributed by atoms with Gasteiger partial charge in [-0.1, -0.05) is 0 Å². The number of ketones is 1. The zero-order chi connectivity index (χ0) is 13.9. The number of rotatable bonds is 4. The molecule has 1 aliphatic heterocycles. The highest BCUT2D eigenvalue weighted by molar-refractivity contribution is 6.02. The van der Waals surface area contributed by atoms with Crippen molar-refractivity contribution in [2.75, 3.05) is 6.61 Å². The van der Waals surface area contributed by atoms with Crippen molar-refractivity contribution in [1.29, 1.82) is 0 Å². The fraction of sp³-hybridized carbons (Fsp3) is 0.600. The van der Waals surface area contributed by atoms with Crippen LogP contribution in [0.5, 0.6) is 5.75 Å². The maximum Gasteiger partial charge on any atom is 0.196 e. The van der Waals surface area contributed by atoms with Crippen LogP contribution in [0.15, 0.2) is 18.5 Å². The van der Waals surface area contributed by atoms with E-state index in [1.54, 1.807) is 18.5 Å². The summed E-state index contributed by atoms with van der Waals surface area (Å²) in [7, 11) is 0. The van der Waals surface area contributed by atoms with Gasteiger partial charge in [0.2, 0.25) is 0 Å². The number of hydrogen-bond acceptors (Lipinski definition) is 4. The van der Waals surface area contributed by atoms with Crippen LogP contribution >= 0.6 is 0 Å². The number of Topliss-reactive ketones (excluding diaryl/α,β-unsaturated/α-hetero) is 1. The van der Waals surface area contributed by atoms with Gasteiger partial charge in [0.05, 0.1) is 12.3 Å². The summed E-state index contributed by atoms with van der Waals surface area (Å²) in [4.78, 5) is 16.6. The van der Waals surface area contributed by atoms with Gasteiger partial charge in [0.15, 0.2) is 5.78 Å². The number of carbonyl (C=O) groups is 1. The molecule has 0 aromatic carbocycles. The standard InChI is InChI=1S/C15H21NO3/c1-11(2)19-13-8-12(9-16-10-13)14(17)15(3)6-4-5-7-18-15/h8-11H,4-7H2,1-3H3. The number of hydrogen-bond donors (Lipinski definition) is 0. The van der Waals surface area contributed by atoms with E-state index in [0.717, 1.165) is 19.3 Å². The van der Waals surface area contributed by atoms with Crippen LogP contribution in [0, 0.1) is 0 Å². The Kier molecular flexibility index (Phi) is 4.20. The molecule has 2 heterocycles. The van der Waals surface area contributed by atoms with Gasteiger partial charge in [-0.15, -0.1) is 0 Å². The zero-order valence-corrected chi connectivity index (χ0v) is 11.8. The summed E-state index contributed by atoms with van der Waals surface area (Å²) in [6.07, 6.45) is 6.09. The van der Waals surface area contributed by atoms with Crippen LogP contribution in [-0.4, -0.2) is 29.1 Å². The lowest BCUT2D eigenvalue weighted by Crippen LogP contribution is -2.41. The lowest BCUT2D eigenvalue weighted by atomic mass is 9.88. The summed E-state index contributed by atoms with van der Waals surface area (Å²) in [6, 6.07) is 1.75. The molecule has 0 aliphatic carbocycles. The van der Waals surface area contributed by atoms with Crippen LogP contribution in [0.3, 0.4) is 0 Å². The zero-order valence-electron chi connectivity index (χ0n) is 11.8. The first-order valence-corrected chi connectivity index (χ1v) is 6.82. The molecule has 0 saturated carbocycles. The van der Waals surface area contributed by atoms with Gasteiger partial charge in [-0.25, -0.2) is 0 Å². The maximum absolute atomic E-state index is 12.5. The highest BCUT2D eigenvalue weighted by Gasteiger charge is 2.36. The second-order valence-corrected chi connectivity index (χ2v) is 5.44. The minimum absolute atomic E-state index is 0.00564. The third kappa shape index (κ3) is 3.32. The first kappa shape index (κ1) is 14.0. The van der Waals surface area contributed by atoms with Crippen molar-refractivity contribution in [3.05, 3.63) is 24.0 Å². The summed E-state index contributed by atoms with van der Waals surface area (Å²) < 4.78 is 11.3. The van der Waals surface area contributed by atoms with E-state index in [1.165, 1.54) is 0 Å². The second kappa shape index (κ2) is 5.70. The summed E-state index contributed by atoms with van der Waals surface area (Å²) in [5.41, 5.74) is -0.154. The lowest BCUT2D eigenvalue weighted by Gasteiger charge is -2.32. The van der Waals surface area contributed by atoms with E-state index in [1.807, 2.05) is 20.8 Å². The van der Waals surface area contributed by atoms with Gasteiger partial charge in [0, 0.05) is 18.4 Å². The smallest absolute Gasteiger partial charge is 0.196 e. The summed E-state index contributed by atoms with van der Waals surface area (Å²) in [5.74, 6) is 0.620. The number of nitrogens with zero attached hydrogens (tertiary/aromatic N) is 1. The Morgan fingerprint density at radius 1 is 1.42 bits per heavy atom. The molecule has 0 spiro atoms. The summed E-state index contributed by atoms with van der Waals surface area (Å²) in [6.45, 7) is 6.41. The molecule has 0 N–H and O–H groups in total. The first-order valence-electron chi connectivity index (χ1n) is 6.82. The molecule has 0 radical (unpaired) electrons. The van der Waals surface area contributed by atoms with Gasteiger partial charge in [0.25, 0.3) is 0 Å². The molecule has 1 aromatic rings. The Hall–Kier alpha value is -1.42. The normalized spacial score (nSPS) is 23.4. The SMILES string of the molecule is CC(C)Oc1cncc(C(=O)C2(C)CCCCO2)c1. The van der Waals surface area contributed by atoms with E-state index in [4.69, 9.17) is 9.47 Å². The van der Waals surface area contributed by atoms with Crippen molar-refractivity contribution in [3.8, 4) is 5.75 Å². The highest BCUT2D eigenvalue weighted by atomic mass is 16.5. The van der Waals surface area contributed by atoms with Crippen LogP contribution in [0.4, 0.5) is 0 Å². The number of ether oxygens (including phenoxy) is 2. The molecule has 0 amide bonds. The molecule has 1 fully saturated rings. The van der Waals surface area contributed by atoms with Gasteiger partial charge in [0.1, 0.15) is 11.4 Å². The Bertz CT molecular complexity index is 450. The average molecular weight is 263 g/mol. The largest absolute Gasteiger partial charge is 0.489 e. The average Bonchev–Trinajstić information content (AvgIpc) is 2.38. The molecule has 19 heavy (non-hydrogen) atoms. The minimum atomic E-state index is -0.712. The van der Waals surface area contributed by atoms with E-state index in [2.05, 4.69) is 4.98 Å². The van der Waals surface area contributed by atoms with Crippen molar-refractivity contribution in [1.82, 2.24) is 4.98 Å². The van der Waals surface area contributed by atoms with Crippen molar-refractivity contribution in [2.24, 2.45) is 0 Å². The van der Waals surface area contributed by atoms with Crippen LogP contribution < -0.4 is 4.74 Å². The molecule has 104 valence electrons. The van der Waals surface area contributed by atoms with Gasteiger partial charge in [-0.05, 0) is 46.1 Å². The van der Waals surface area contributed by atoms with Crippen molar-refractivity contribution >= 4 is 5.78 Å². The van der Waals surface area contributed by atoms with Crippen molar-refractivity contribution in [3.63, 3.8) is 0 Å². The van der Waals surface area contributed by atoms with Crippen LogP contribution in [0.2, 0.25) is 0 Å². The molecular formula is C15H21NO3. The fourth-order valence-electron chi connectivity index (χ4n) is 2.30. The van der Waals surface area contributed by atoms with Gasteiger partial charge >= 0.3 is 0 Å². The quantitative estimate of drug-likeness (QED) is 0.783. The summed E-state index contributed by atoms with van der Waals surface area (Å²) >= 11 is 0. The van der Waals surface area contributed by atoms with Gasteiger partial charge < -0.3 is 9.47 Å². The Morgan fingerprint density at radius 2 is 2.21 bits per heavy atom. The highest BCUT2D eigenvalue weighted by Crippen LogP contribution is 2.29. The third-order valence-electron chi connectivity index (χ3n) is 3.30. The number of aromatic nitrogens is 1. The second-order valence-electron chi connectivity index (χ2n) is 5.44. The predicted octanol–water partition coefficient (Wildman–Crippen LogP) is 3.01. The molecule has 1 aromatic heterocycles. The number of pyridine rings is 1. The Balaban J connectivity index is 2.18. The molecular weight excluding hydrogens is 242 g/mol. The Morgan fingerprint density at radius 3 is 2.84 bits per heavy atom. The molecule has 1 unspecified atom stereocenters. The molecule has 4 nitrogen and oxygen atoms in total. The first-order chi connectivity index (χ1) is 9.01. The monoisotopic (exact) mass is 263 g/mol. The van der Waals surface area contributed by atoms with E-state index < -0.39 is 5.60 Å². The van der Waals surface area contributed by atoms with E-state index in [-0.39, 0.29) is 11.9 Å². The molecule has 2 rings (SSSR count). The molecule has 1 aliphatic rings. The molecule has 4 heteroatoms. The third-order valence-corrected chi connectivity index (χ3v) is 3.30. The van der Waals surface area contributed by atoms with Crippen molar-refractivity contribution < 1.29 is 14.3 Å². The van der Waals surface area contributed by atoms with Crippen LogP contribution in [-0.2, 0) is 4.74 Å². The van der Waals surface area contributed by atoms with E-state index >= 15 is 0 Å². The fourth-order valence-corrected chi connectivity index (χ4v) is 2.30. The van der Waals surface area contributed by atoms with Crippen molar-refractivity contribution in [2.45, 2.75) is 51.7 Å². The van der Waals surface area contributed by atoms with Gasteiger partial charge in [-0.3, -0.25) is 9.78 Å². The molecule has 1 atom stereocenters. The maximum atomic E-state index is 12.5. The van der Waals surface area contributed by atoms with E-state index in [0.29, 0.717) is 17.9 Å². The van der Waals surface area contributed by atoms with Gasteiger partial charge in [-0.2, -0.15) is 0 Å².